The Morgan fingerprint density at radius 3 is 2.79 bits per heavy atom. The summed E-state index contributed by atoms with van der Waals surface area (Å²) in [5.41, 5.74) is 0.865. The smallest absolute Gasteiger partial charge is 0.257 e. The van der Waals surface area contributed by atoms with E-state index in [-0.39, 0.29) is 6.42 Å². The van der Waals surface area contributed by atoms with Crippen molar-refractivity contribution in [3.8, 4) is 17.5 Å². The van der Waals surface area contributed by atoms with Gasteiger partial charge in [0, 0.05) is 5.56 Å². The molecule has 0 saturated carbocycles. The largest absolute Gasteiger partial charge is 0.334 e. The monoisotopic (exact) mass is 185 g/mol. The average Bonchev–Trinajstić information content (AvgIpc) is 2.68. The lowest BCUT2D eigenvalue weighted by molar-refractivity contribution is 0.424. The van der Waals surface area contributed by atoms with E-state index >= 15 is 0 Å². The Morgan fingerprint density at radius 2 is 2.07 bits per heavy atom. The molecule has 1 heterocycles. The third-order valence-electron chi connectivity index (χ3n) is 1.73. The Balaban J connectivity index is 2.31. The van der Waals surface area contributed by atoms with Gasteiger partial charge in [-0.1, -0.05) is 23.4 Å². The molecular weight excluding hydrogens is 178 g/mol. The fourth-order valence-corrected chi connectivity index (χ4v) is 1.09. The van der Waals surface area contributed by atoms with Crippen LogP contribution >= 0.6 is 0 Å². The van der Waals surface area contributed by atoms with E-state index in [2.05, 4.69) is 10.1 Å². The molecule has 0 N–H and O–H groups in total. The van der Waals surface area contributed by atoms with Gasteiger partial charge in [-0.25, -0.2) is 0 Å². The first-order valence-corrected chi connectivity index (χ1v) is 4.15. The quantitative estimate of drug-likeness (QED) is 0.715. The Labute approximate surface area is 80.8 Å². The van der Waals surface area contributed by atoms with E-state index in [0.29, 0.717) is 11.7 Å². The zero-order valence-electron chi connectivity index (χ0n) is 7.34. The number of aromatic nitrogens is 2. The van der Waals surface area contributed by atoms with E-state index in [4.69, 9.17) is 9.78 Å². The molecule has 4 heteroatoms. The molecule has 0 aliphatic rings. The van der Waals surface area contributed by atoms with E-state index in [1.807, 2.05) is 36.4 Å². The number of rotatable bonds is 2. The maximum atomic E-state index is 8.43. The zero-order chi connectivity index (χ0) is 9.80. The Hall–Kier alpha value is -2.15. The van der Waals surface area contributed by atoms with E-state index in [9.17, 15) is 0 Å². The summed E-state index contributed by atoms with van der Waals surface area (Å²) in [6, 6.07) is 11.4. The van der Waals surface area contributed by atoms with Crippen molar-refractivity contribution < 1.29 is 4.52 Å². The SMILES string of the molecule is N#CCc1noc(-c2ccccc2)n1. The Kier molecular flexibility index (Phi) is 2.24. The van der Waals surface area contributed by atoms with Crippen molar-refractivity contribution in [3.05, 3.63) is 36.2 Å². The van der Waals surface area contributed by atoms with Crippen molar-refractivity contribution in [2.24, 2.45) is 0 Å². The van der Waals surface area contributed by atoms with Crippen molar-refractivity contribution in [2.45, 2.75) is 6.42 Å². The molecule has 1 aromatic heterocycles. The van der Waals surface area contributed by atoms with Crippen LogP contribution in [0.2, 0.25) is 0 Å². The lowest BCUT2D eigenvalue weighted by Crippen LogP contribution is -1.83. The number of nitrogens with zero attached hydrogens (tertiary/aromatic N) is 3. The number of hydrogen-bond acceptors (Lipinski definition) is 4. The van der Waals surface area contributed by atoms with Crippen LogP contribution in [0.4, 0.5) is 0 Å². The summed E-state index contributed by atoms with van der Waals surface area (Å²) in [5, 5.41) is 12.1. The second-order valence-electron chi connectivity index (χ2n) is 2.72. The third-order valence-corrected chi connectivity index (χ3v) is 1.73. The summed E-state index contributed by atoms with van der Waals surface area (Å²) < 4.78 is 4.99. The van der Waals surface area contributed by atoms with Gasteiger partial charge in [0.05, 0.1) is 12.5 Å². The molecule has 14 heavy (non-hydrogen) atoms. The van der Waals surface area contributed by atoms with Crippen LogP contribution in [-0.2, 0) is 6.42 Å². The summed E-state index contributed by atoms with van der Waals surface area (Å²) in [6.07, 6.45) is 0.177. The maximum absolute atomic E-state index is 8.43. The molecule has 0 atom stereocenters. The minimum atomic E-state index is 0.177. The molecule has 0 saturated heterocycles. The van der Waals surface area contributed by atoms with Crippen LogP contribution in [0, 0.1) is 11.3 Å². The van der Waals surface area contributed by atoms with Crippen LogP contribution < -0.4 is 0 Å². The molecule has 0 aliphatic heterocycles. The van der Waals surface area contributed by atoms with Gasteiger partial charge in [0.2, 0.25) is 0 Å². The number of hydrogen-bond donors (Lipinski definition) is 0. The van der Waals surface area contributed by atoms with Crippen molar-refractivity contribution in [2.75, 3.05) is 0 Å². The molecule has 0 fully saturated rings. The molecule has 0 radical (unpaired) electrons. The first-order valence-electron chi connectivity index (χ1n) is 4.15. The second kappa shape index (κ2) is 3.71. The van der Waals surface area contributed by atoms with Crippen LogP contribution in [0.15, 0.2) is 34.9 Å². The lowest BCUT2D eigenvalue weighted by Gasteiger charge is -1.89. The van der Waals surface area contributed by atoms with Gasteiger partial charge in [-0.3, -0.25) is 0 Å². The van der Waals surface area contributed by atoms with Gasteiger partial charge in [-0.15, -0.1) is 0 Å². The van der Waals surface area contributed by atoms with E-state index in [0.717, 1.165) is 5.56 Å². The molecule has 0 bridgehead atoms. The standard InChI is InChI=1S/C10H7N3O/c11-7-6-9-12-10(14-13-9)8-4-2-1-3-5-8/h1-5H,6H2. The Bertz CT molecular complexity index is 456. The van der Waals surface area contributed by atoms with Crippen LogP contribution in [0.5, 0.6) is 0 Å². The van der Waals surface area contributed by atoms with Crippen molar-refractivity contribution >= 4 is 0 Å². The summed E-state index contributed by atoms with van der Waals surface area (Å²) in [7, 11) is 0. The van der Waals surface area contributed by atoms with E-state index in [1.54, 1.807) is 0 Å². The minimum absolute atomic E-state index is 0.177. The van der Waals surface area contributed by atoms with Crippen molar-refractivity contribution in [1.82, 2.24) is 10.1 Å². The van der Waals surface area contributed by atoms with Gasteiger partial charge in [-0.2, -0.15) is 10.2 Å². The second-order valence-corrected chi connectivity index (χ2v) is 2.72. The third kappa shape index (κ3) is 1.62. The van der Waals surface area contributed by atoms with Crippen LogP contribution in [-0.4, -0.2) is 10.1 Å². The molecule has 2 rings (SSSR count). The highest BCUT2D eigenvalue weighted by Crippen LogP contribution is 2.15. The molecule has 0 aliphatic carbocycles. The highest BCUT2D eigenvalue weighted by Gasteiger charge is 2.06. The van der Waals surface area contributed by atoms with Crippen molar-refractivity contribution in [3.63, 3.8) is 0 Å². The van der Waals surface area contributed by atoms with E-state index in [1.165, 1.54) is 0 Å². The summed E-state index contributed by atoms with van der Waals surface area (Å²) in [5.74, 6) is 0.877. The summed E-state index contributed by atoms with van der Waals surface area (Å²) >= 11 is 0. The van der Waals surface area contributed by atoms with Gasteiger partial charge in [0.25, 0.3) is 5.89 Å². The highest BCUT2D eigenvalue weighted by molar-refractivity contribution is 5.51. The van der Waals surface area contributed by atoms with Crippen LogP contribution in [0.3, 0.4) is 0 Å². The van der Waals surface area contributed by atoms with Crippen LogP contribution in [0.25, 0.3) is 11.5 Å². The molecule has 68 valence electrons. The summed E-state index contributed by atoms with van der Waals surface area (Å²) in [6.45, 7) is 0. The normalized spacial score (nSPS) is 9.64. The van der Waals surface area contributed by atoms with Crippen LogP contribution in [0.1, 0.15) is 5.82 Å². The molecule has 0 unspecified atom stereocenters. The number of nitriles is 1. The highest BCUT2D eigenvalue weighted by atomic mass is 16.5. The predicted octanol–water partition coefficient (Wildman–Crippen LogP) is 1.80. The van der Waals surface area contributed by atoms with Gasteiger partial charge in [0.15, 0.2) is 5.82 Å². The lowest BCUT2D eigenvalue weighted by atomic mass is 10.2. The predicted molar refractivity (Wildman–Crippen MR) is 49.1 cm³/mol. The average molecular weight is 185 g/mol. The minimum Gasteiger partial charge on any atom is -0.334 e. The zero-order valence-corrected chi connectivity index (χ0v) is 7.34. The van der Waals surface area contributed by atoms with Gasteiger partial charge in [0.1, 0.15) is 0 Å². The fourth-order valence-electron chi connectivity index (χ4n) is 1.09. The molecule has 0 amide bonds. The van der Waals surface area contributed by atoms with Gasteiger partial charge < -0.3 is 4.52 Å². The molecule has 0 spiro atoms. The Morgan fingerprint density at radius 1 is 1.29 bits per heavy atom. The summed E-state index contributed by atoms with van der Waals surface area (Å²) in [4.78, 5) is 4.07. The molecule has 2 aromatic rings. The fraction of sp³-hybridized carbons (Fsp3) is 0.100. The molecular formula is C10H7N3O. The first-order chi connectivity index (χ1) is 6.90. The molecule has 4 nitrogen and oxygen atoms in total. The van der Waals surface area contributed by atoms with Gasteiger partial charge in [-0.05, 0) is 12.1 Å². The maximum Gasteiger partial charge on any atom is 0.257 e. The van der Waals surface area contributed by atoms with Crippen molar-refractivity contribution in [1.29, 1.82) is 5.26 Å². The topological polar surface area (TPSA) is 62.7 Å². The van der Waals surface area contributed by atoms with Gasteiger partial charge >= 0.3 is 0 Å². The first kappa shape index (κ1) is 8.45. The number of benzene rings is 1. The van der Waals surface area contributed by atoms with E-state index < -0.39 is 0 Å². The molecule has 1 aromatic carbocycles.